The molecule has 0 radical (unpaired) electrons. The first-order valence-corrected chi connectivity index (χ1v) is 8.06. The second kappa shape index (κ2) is 8.38. The molecule has 0 atom stereocenters. The molecule has 2 rings (SSSR count). The summed E-state index contributed by atoms with van der Waals surface area (Å²) < 4.78 is 6.14. The van der Waals surface area contributed by atoms with Crippen molar-refractivity contribution in [2.75, 3.05) is 0 Å². The van der Waals surface area contributed by atoms with E-state index < -0.39 is 0 Å². The van der Waals surface area contributed by atoms with Gasteiger partial charge in [0.2, 0.25) is 0 Å². The summed E-state index contributed by atoms with van der Waals surface area (Å²) in [4.78, 5) is 11.1. The number of ether oxygens (including phenoxy) is 1. The van der Waals surface area contributed by atoms with Gasteiger partial charge in [-0.05, 0) is 29.5 Å². The molecule has 0 aromatic heterocycles. The molecule has 0 spiro atoms. The molecule has 0 saturated heterocycles. The van der Waals surface area contributed by atoms with Crippen molar-refractivity contribution in [3.8, 4) is 5.75 Å². The number of para-hydroxylation sites is 1. The summed E-state index contributed by atoms with van der Waals surface area (Å²) in [5.74, 6) is 1.01. The predicted molar refractivity (Wildman–Crippen MR) is 90.6 cm³/mol. The van der Waals surface area contributed by atoms with Crippen molar-refractivity contribution < 1.29 is 9.53 Å². The lowest BCUT2D eigenvalue weighted by Gasteiger charge is -2.16. The van der Waals surface area contributed by atoms with Crippen molar-refractivity contribution in [3.63, 3.8) is 0 Å². The van der Waals surface area contributed by atoms with Gasteiger partial charge in [0, 0.05) is 5.56 Å². The Morgan fingerprint density at radius 1 is 0.864 bits per heavy atom. The van der Waals surface area contributed by atoms with E-state index in [2.05, 4.69) is 32.0 Å². The summed E-state index contributed by atoms with van der Waals surface area (Å²) in [5, 5.41) is 0. The van der Waals surface area contributed by atoms with E-state index in [9.17, 15) is 4.79 Å². The maximum absolute atomic E-state index is 11.1. The van der Waals surface area contributed by atoms with Gasteiger partial charge in [-0.3, -0.25) is 4.79 Å². The number of aldehydes is 1. The topological polar surface area (TPSA) is 26.3 Å². The molecule has 0 unspecified atom stereocenters. The van der Waals surface area contributed by atoms with Crippen LogP contribution in [0.3, 0.4) is 0 Å². The van der Waals surface area contributed by atoms with E-state index in [0.717, 1.165) is 43.3 Å². The third-order valence-electron chi connectivity index (χ3n) is 3.77. The summed E-state index contributed by atoms with van der Waals surface area (Å²) in [7, 11) is 0. The largest absolute Gasteiger partial charge is 0.488 e. The molecule has 0 aliphatic rings. The summed E-state index contributed by atoms with van der Waals surface area (Å²) in [6.07, 6.45) is 5.11. The fourth-order valence-electron chi connectivity index (χ4n) is 2.69. The summed E-state index contributed by atoms with van der Waals surface area (Å²) in [5.41, 5.74) is 4.16. The monoisotopic (exact) mass is 296 g/mol. The lowest BCUT2D eigenvalue weighted by molar-refractivity contribution is 0.112. The third-order valence-corrected chi connectivity index (χ3v) is 3.77. The van der Waals surface area contributed by atoms with E-state index in [1.165, 1.54) is 11.1 Å². The SMILES string of the molecule is CCCc1cccc(CCC)c1OCc1ccccc1C=O. The molecule has 116 valence electrons. The minimum Gasteiger partial charge on any atom is -0.488 e. The van der Waals surface area contributed by atoms with Gasteiger partial charge < -0.3 is 4.74 Å². The van der Waals surface area contributed by atoms with Crippen LogP contribution in [0.5, 0.6) is 5.75 Å². The molecule has 0 heterocycles. The molecule has 0 amide bonds. The number of rotatable bonds is 8. The molecule has 0 aliphatic carbocycles. The third kappa shape index (κ3) is 3.97. The van der Waals surface area contributed by atoms with Gasteiger partial charge in [-0.1, -0.05) is 69.2 Å². The van der Waals surface area contributed by atoms with Crippen LogP contribution in [-0.2, 0) is 19.4 Å². The average Bonchev–Trinajstić information content (AvgIpc) is 2.55. The van der Waals surface area contributed by atoms with Gasteiger partial charge in [-0.25, -0.2) is 0 Å². The first kappa shape index (κ1) is 16.3. The van der Waals surface area contributed by atoms with Crippen LogP contribution < -0.4 is 4.74 Å². The van der Waals surface area contributed by atoms with E-state index in [1.54, 1.807) is 0 Å². The highest BCUT2D eigenvalue weighted by Crippen LogP contribution is 2.28. The lowest BCUT2D eigenvalue weighted by Crippen LogP contribution is -2.04. The van der Waals surface area contributed by atoms with Gasteiger partial charge in [0.25, 0.3) is 0 Å². The standard InChI is InChI=1S/C20H24O2/c1-3-8-16-12-7-13-17(9-4-2)20(16)22-15-19-11-6-5-10-18(19)14-21/h5-7,10-14H,3-4,8-9,15H2,1-2H3. The molecule has 0 bridgehead atoms. The van der Waals surface area contributed by atoms with Crippen LogP contribution in [-0.4, -0.2) is 6.29 Å². The Balaban J connectivity index is 2.25. The molecule has 2 aromatic rings. The van der Waals surface area contributed by atoms with Gasteiger partial charge in [0.05, 0.1) is 0 Å². The van der Waals surface area contributed by atoms with E-state index in [0.29, 0.717) is 12.2 Å². The van der Waals surface area contributed by atoms with Gasteiger partial charge in [-0.2, -0.15) is 0 Å². The number of aryl methyl sites for hydroxylation is 2. The van der Waals surface area contributed by atoms with Gasteiger partial charge in [0.15, 0.2) is 0 Å². The van der Waals surface area contributed by atoms with E-state index in [-0.39, 0.29) is 0 Å². The van der Waals surface area contributed by atoms with E-state index >= 15 is 0 Å². The highest BCUT2D eigenvalue weighted by atomic mass is 16.5. The smallest absolute Gasteiger partial charge is 0.150 e. The molecule has 22 heavy (non-hydrogen) atoms. The summed E-state index contributed by atoms with van der Waals surface area (Å²) in [6, 6.07) is 14.0. The van der Waals surface area contributed by atoms with Crippen LogP contribution in [0.4, 0.5) is 0 Å². The molecule has 0 saturated carbocycles. The number of carbonyl (C=O) groups is 1. The number of hydrogen-bond acceptors (Lipinski definition) is 2. The Hall–Kier alpha value is -2.09. The lowest BCUT2D eigenvalue weighted by atomic mass is 10.0. The Labute approximate surface area is 133 Å². The second-order valence-electron chi connectivity index (χ2n) is 5.51. The summed E-state index contributed by atoms with van der Waals surface area (Å²) >= 11 is 0. The minimum absolute atomic E-state index is 0.437. The normalized spacial score (nSPS) is 10.5. The zero-order valence-electron chi connectivity index (χ0n) is 13.5. The predicted octanol–water partition coefficient (Wildman–Crippen LogP) is 4.98. The fourth-order valence-corrected chi connectivity index (χ4v) is 2.69. The Kier molecular flexibility index (Phi) is 6.20. The molecule has 0 aliphatic heterocycles. The maximum atomic E-state index is 11.1. The Morgan fingerprint density at radius 3 is 2.05 bits per heavy atom. The van der Waals surface area contributed by atoms with Crippen LogP contribution in [0, 0.1) is 0 Å². The average molecular weight is 296 g/mol. The zero-order valence-corrected chi connectivity index (χ0v) is 13.5. The van der Waals surface area contributed by atoms with Crippen molar-refractivity contribution in [2.24, 2.45) is 0 Å². The van der Waals surface area contributed by atoms with Crippen LogP contribution >= 0.6 is 0 Å². The highest BCUT2D eigenvalue weighted by molar-refractivity contribution is 5.77. The van der Waals surface area contributed by atoms with E-state index in [1.807, 2.05) is 24.3 Å². The fraction of sp³-hybridized carbons (Fsp3) is 0.350. The quantitative estimate of drug-likeness (QED) is 0.642. The van der Waals surface area contributed by atoms with Crippen molar-refractivity contribution in [1.82, 2.24) is 0 Å². The minimum atomic E-state index is 0.437. The van der Waals surface area contributed by atoms with Crippen molar-refractivity contribution in [3.05, 3.63) is 64.7 Å². The molecule has 0 fully saturated rings. The first-order valence-electron chi connectivity index (χ1n) is 8.06. The van der Waals surface area contributed by atoms with Crippen molar-refractivity contribution in [1.29, 1.82) is 0 Å². The molecular formula is C20H24O2. The van der Waals surface area contributed by atoms with Crippen molar-refractivity contribution >= 4 is 6.29 Å². The van der Waals surface area contributed by atoms with Gasteiger partial charge in [0.1, 0.15) is 18.6 Å². The second-order valence-corrected chi connectivity index (χ2v) is 5.51. The summed E-state index contributed by atoms with van der Waals surface area (Å²) in [6.45, 7) is 4.79. The molecule has 0 N–H and O–H groups in total. The number of carbonyl (C=O) groups excluding carboxylic acids is 1. The molecule has 2 aromatic carbocycles. The van der Waals surface area contributed by atoms with Gasteiger partial charge in [-0.15, -0.1) is 0 Å². The Morgan fingerprint density at radius 2 is 1.45 bits per heavy atom. The van der Waals surface area contributed by atoms with Crippen LogP contribution in [0.25, 0.3) is 0 Å². The number of hydrogen-bond donors (Lipinski definition) is 0. The molecule has 2 heteroatoms. The first-order chi connectivity index (χ1) is 10.8. The maximum Gasteiger partial charge on any atom is 0.150 e. The van der Waals surface area contributed by atoms with E-state index in [4.69, 9.17) is 4.74 Å². The van der Waals surface area contributed by atoms with Gasteiger partial charge >= 0.3 is 0 Å². The van der Waals surface area contributed by atoms with Crippen molar-refractivity contribution in [2.45, 2.75) is 46.1 Å². The highest BCUT2D eigenvalue weighted by Gasteiger charge is 2.10. The Bertz CT molecular complexity index is 593. The molecular weight excluding hydrogens is 272 g/mol. The van der Waals surface area contributed by atoms with Crippen LogP contribution in [0.1, 0.15) is 53.7 Å². The van der Waals surface area contributed by atoms with Crippen LogP contribution in [0.2, 0.25) is 0 Å². The number of benzene rings is 2. The molecule has 2 nitrogen and oxygen atoms in total. The zero-order chi connectivity index (χ0) is 15.8. The van der Waals surface area contributed by atoms with Crippen LogP contribution in [0.15, 0.2) is 42.5 Å².